The maximum Gasteiger partial charge on any atom is 0.150 e. The van der Waals surface area contributed by atoms with Gasteiger partial charge in [-0.2, -0.15) is 5.26 Å². The minimum Gasteiger partial charge on any atom is -0.339 e. The van der Waals surface area contributed by atoms with Gasteiger partial charge in [-0.25, -0.2) is 4.98 Å². The SMILES string of the molecule is Cc1ccc(C)c(Nc2nccc(C#N)c2Cl)c1. The lowest BCUT2D eigenvalue weighted by atomic mass is 10.1. The van der Waals surface area contributed by atoms with Crippen molar-refractivity contribution < 1.29 is 0 Å². The van der Waals surface area contributed by atoms with Crippen molar-refractivity contribution in [2.24, 2.45) is 0 Å². The van der Waals surface area contributed by atoms with E-state index < -0.39 is 0 Å². The molecule has 0 saturated carbocycles. The van der Waals surface area contributed by atoms with Gasteiger partial charge in [0.25, 0.3) is 0 Å². The molecular weight excluding hydrogens is 246 g/mol. The lowest BCUT2D eigenvalue weighted by molar-refractivity contribution is 1.28. The van der Waals surface area contributed by atoms with E-state index in [1.54, 1.807) is 12.3 Å². The van der Waals surface area contributed by atoms with Crippen LogP contribution < -0.4 is 5.32 Å². The number of aromatic nitrogens is 1. The summed E-state index contributed by atoms with van der Waals surface area (Å²) in [6, 6.07) is 9.72. The third-order valence-electron chi connectivity index (χ3n) is 2.66. The highest BCUT2D eigenvalue weighted by Crippen LogP contribution is 2.27. The predicted octanol–water partition coefficient (Wildman–Crippen LogP) is 3.97. The molecule has 18 heavy (non-hydrogen) atoms. The van der Waals surface area contributed by atoms with E-state index in [4.69, 9.17) is 16.9 Å². The molecule has 2 aromatic rings. The molecule has 90 valence electrons. The number of nitrogens with one attached hydrogen (secondary N) is 1. The number of pyridine rings is 1. The molecule has 0 aliphatic heterocycles. The summed E-state index contributed by atoms with van der Waals surface area (Å²) in [5.74, 6) is 0.504. The van der Waals surface area contributed by atoms with Crippen LogP contribution in [0.2, 0.25) is 5.02 Å². The number of benzene rings is 1. The molecule has 0 spiro atoms. The van der Waals surface area contributed by atoms with Crippen LogP contribution in [-0.2, 0) is 0 Å². The Balaban J connectivity index is 2.41. The third-order valence-corrected chi connectivity index (χ3v) is 3.04. The molecule has 1 N–H and O–H groups in total. The summed E-state index contributed by atoms with van der Waals surface area (Å²) in [7, 11) is 0. The van der Waals surface area contributed by atoms with Gasteiger partial charge in [-0.1, -0.05) is 23.7 Å². The van der Waals surface area contributed by atoms with Crippen molar-refractivity contribution in [2.45, 2.75) is 13.8 Å². The lowest BCUT2D eigenvalue weighted by Gasteiger charge is -2.11. The van der Waals surface area contributed by atoms with Crippen LogP contribution in [0.15, 0.2) is 30.5 Å². The summed E-state index contributed by atoms with van der Waals surface area (Å²) in [6.45, 7) is 4.02. The van der Waals surface area contributed by atoms with Crippen LogP contribution in [0.3, 0.4) is 0 Å². The number of rotatable bonds is 2. The largest absolute Gasteiger partial charge is 0.339 e. The van der Waals surface area contributed by atoms with E-state index in [9.17, 15) is 0 Å². The van der Waals surface area contributed by atoms with Gasteiger partial charge >= 0.3 is 0 Å². The van der Waals surface area contributed by atoms with Gasteiger partial charge < -0.3 is 5.32 Å². The smallest absolute Gasteiger partial charge is 0.150 e. The van der Waals surface area contributed by atoms with Gasteiger partial charge in [0, 0.05) is 11.9 Å². The molecule has 0 aliphatic carbocycles. The van der Waals surface area contributed by atoms with Crippen molar-refractivity contribution in [2.75, 3.05) is 5.32 Å². The molecular formula is C14H12ClN3. The summed E-state index contributed by atoms with van der Waals surface area (Å²) in [5, 5.41) is 12.4. The Morgan fingerprint density at radius 3 is 2.78 bits per heavy atom. The fraction of sp³-hybridized carbons (Fsp3) is 0.143. The molecule has 1 aromatic carbocycles. The van der Waals surface area contributed by atoms with Crippen molar-refractivity contribution in [3.05, 3.63) is 52.2 Å². The summed E-state index contributed by atoms with van der Waals surface area (Å²) in [5.41, 5.74) is 3.61. The quantitative estimate of drug-likeness (QED) is 0.886. The molecule has 0 unspecified atom stereocenters. The number of anilines is 2. The van der Waals surface area contributed by atoms with Crippen molar-refractivity contribution in [3.8, 4) is 6.07 Å². The molecule has 3 nitrogen and oxygen atoms in total. The Kier molecular flexibility index (Phi) is 3.50. The minimum absolute atomic E-state index is 0.348. The summed E-state index contributed by atoms with van der Waals surface area (Å²) < 4.78 is 0. The highest BCUT2D eigenvalue weighted by atomic mass is 35.5. The molecule has 0 saturated heterocycles. The summed E-state index contributed by atoms with van der Waals surface area (Å²) >= 11 is 6.10. The number of nitrogens with zero attached hydrogens (tertiary/aromatic N) is 2. The van der Waals surface area contributed by atoms with E-state index in [1.165, 1.54) is 0 Å². The van der Waals surface area contributed by atoms with Gasteiger partial charge in [-0.05, 0) is 37.1 Å². The van der Waals surface area contributed by atoms with Gasteiger partial charge in [0.05, 0.1) is 5.56 Å². The summed E-state index contributed by atoms with van der Waals surface area (Å²) in [4.78, 5) is 4.16. The van der Waals surface area contributed by atoms with Crippen molar-refractivity contribution in [1.82, 2.24) is 4.98 Å². The molecule has 2 rings (SSSR count). The predicted molar refractivity (Wildman–Crippen MR) is 73.2 cm³/mol. The zero-order valence-corrected chi connectivity index (χ0v) is 10.9. The van der Waals surface area contributed by atoms with E-state index in [1.807, 2.05) is 38.1 Å². The van der Waals surface area contributed by atoms with Crippen LogP contribution in [0, 0.1) is 25.2 Å². The number of halogens is 1. The zero-order valence-electron chi connectivity index (χ0n) is 10.2. The molecule has 0 amide bonds. The van der Waals surface area contributed by atoms with Crippen LogP contribution in [0.1, 0.15) is 16.7 Å². The Bertz CT molecular complexity index is 629. The van der Waals surface area contributed by atoms with Crippen molar-refractivity contribution in [1.29, 1.82) is 5.26 Å². The Morgan fingerprint density at radius 2 is 2.06 bits per heavy atom. The standard InChI is InChI=1S/C14H12ClN3/c1-9-3-4-10(2)12(7-9)18-14-13(15)11(8-16)5-6-17-14/h3-7H,1-2H3,(H,17,18). The van der Waals surface area contributed by atoms with E-state index in [-0.39, 0.29) is 0 Å². The van der Waals surface area contributed by atoms with E-state index >= 15 is 0 Å². The van der Waals surface area contributed by atoms with E-state index in [2.05, 4.69) is 10.3 Å². The first kappa shape index (κ1) is 12.4. The molecule has 0 bridgehead atoms. The first-order valence-electron chi connectivity index (χ1n) is 5.50. The maximum absolute atomic E-state index is 8.92. The monoisotopic (exact) mass is 257 g/mol. The lowest BCUT2D eigenvalue weighted by Crippen LogP contribution is -1.98. The highest BCUT2D eigenvalue weighted by Gasteiger charge is 2.08. The molecule has 0 fully saturated rings. The molecule has 0 atom stereocenters. The number of nitriles is 1. The first-order valence-corrected chi connectivity index (χ1v) is 5.88. The second-order valence-corrected chi connectivity index (χ2v) is 4.45. The topological polar surface area (TPSA) is 48.7 Å². The average molecular weight is 258 g/mol. The van der Waals surface area contributed by atoms with Gasteiger partial charge in [0.2, 0.25) is 0 Å². The average Bonchev–Trinajstić information content (AvgIpc) is 2.36. The van der Waals surface area contributed by atoms with Crippen molar-refractivity contribution >= 4 is 23.1 Å². The fourth-order valence-electron chi connectivity index (χ4n) is 1.62. The second-order valence-electron chi connectivity index (χ2n) is 4.08. The molecule has 1 aromatic heterocycles. The molecule has 0 radical (unpaired) electrons. The van der Waals surface area contributed by atoms with Crippen LogP contribution >= 0.6 is 11.6 Å². The normalized spacial score (nSPS) is 9.89. The van der Waals surface area contributed by atoms with Crippen LogP contribution in [-0.4, -0.2) is 4.98 Å². The zero-order chi connectivity index (χ0) is 13.1. The highest BCUT2D eigenvalue weighted by molar-refractivity contribution is 6.34. The van der Waals surface area contributed by atoms with Crippen molar-refractivity contribution in [3.63, 3.8) is 0 Å². The van der Waals surface area contributed by atoms with E-state index in [0.717, 1.165) is 16.8 Å². The van der Waals surface area contributed by atoms with Gasteiger partial charge in [0.1, 0.15) is 11.1 Å². The van der Waals surface area contributed by atoms with Crippen LogP contribution in [0.4, 0.5) is 11.5 Å². The van der Waals surface area contributed by atoms with E-state index in [0.29, 0.717) is 16.4 Å². The molecule has 1 heterocycles. The minimum atomic E-state index is 0.348. The van der Waals surface area contributed by atoms with Gasteiger partial charge in [-0.15, -0.1) is 0 Å². The molecule has 4 heteroatoms. The Hall–Kier alpha value is -2.05. The molecule has 0 aliphatic rings. The van der Waals surface area contributed by atoms with Gasteiger partial charge in [0.15, 0.2) is 5.82 Å². The first-order chi connectivity index (χ1) is 8.61. The second kappa shape index (κ2) is 5.07. The van der Waals surface area contributed by atoms with Crippen LogP contribution in [0.25, 0.3) is 0 Å². The maximum atomic E-state index is 8.92. The third kappa shape index (κ3) is 2.44. The summed E-state index contributed by atoms with van der Waals surface area (Å²) in [6.07, 6.45) is 1.57. The van der Waals surface area contributed by atoms with Crippen LogP contribution in [0.5, 0.6) is 0 Å². The number of aryl methyl sites for hydroxylation is 2. The fourth-order valence-corrected chi connectivity index (χ4v) is 1.82. The van der Waals surface area contributed by atoms with Gasteiger partial charge in [-0.3, -0.25) is 0 Å². The Morgan fingerprint density at radius 1 is 1.28 bits per heavy atom. The number of hydrogen-bond acceptors (Lipinski definition) is 3. The Labute approximate surface area is 111 Å². The number of hydrogen-bond donors (Lipinski definition) is 1.